The topological polar surface area (TPSA) is 135 Å². The van der Waals surface area contributed by atoms with Crippen LogP contribution in [-0.2, 0) is 17.1 Å². The molecule has 0 unspecified atom stereocenters. The minimum absolute atomic E-state index is 0.0769. The highest BCUT2D eigenvalue weighted by Gasteiger charge is 2.20. The van der Waals surface area contributed by atoms with Crippen molar-refractivity contribution < 1.29 is 17.7 Å². The van der Waals surface area contributed by atoms with Gasteiger partial charge in [0.05, 0.1) is 34.5 Å². The second-order valence-electron chi connectivity index (χ2n) is 7.58. The van der Waals surface area contributed by atoms with Gasteiger partial charge in [-0.3, -0.25) is 14.0 Å². The number of nitrogens with two attached hydrogens (primary N) is 1. The van der Waals surface area contributed by atoms with Crippen molar-refractivity contribution in [2.45, 2.75) is 4.90 Å². The Morgan fingerprint density at radius 3 is 2.53 bits per heavy atom. The Morgan fingerprint density at radius 1 is 1.06 bits per heavy atom. The Bertz CT molecular complexity index is 1700. The fraction of sp³-hybridized carbons (Fsp3) is 0.0870. The van der Waals surface area contributed by atoms with E-state index in [0.29, 0.717) is 28.0 Å². The predicted molar refractivity (Wildman–Crippen MR) is 125 cm³/mol. The summed E-state index contributed by atoms with van der Waals surface area (Å²) in [5.74, 6) is 0.446. The normalized spacial score (nSPS) is 11.7. The van der Waals surface area contributed by atoms with E-state index in [1.165, 1.54) is 30.1 Å². The Hall–Kier alpha value is -4.22. The Labute approximate surface area is 193 Å². The first kappa shape index (κ1) is 21.6. The number of hydrogen-bond acceptors (Lipinski definition) is 7. The van der Waals surface area contributed by atoms with Crippen LogP contribution in [0.3, 0.4) is 0 Å². The zero-order valence-electron chi connectivity index (χ0n) is 18.2. The van der Waals surface area contributed by atoms with Gasteiger partial charge in [0.15, 0.2) is 0 Å². The molecular formula is C23H19N5O5S. The van der Waals surface area contributed by atoms with E-state index in [1.54, 1.807) is 35.1 Å². The molecule has 2 aromatic carbocycles. The highest BCUT2D eigenvalue weighted by Crippen LogP contribution is 2.32. The molecule has 0 atom stereocenters. The van der Waals surface area contributed by atoms with E-state index in [0.717, 1.165) is 11.3 Å². The van der Waals surface area contributed by atoms with Gasteiger partial charge >= 0.3 is 0 Å². The molecule has 0 bridgehead atoms. The number of rotatable bonds is 5. The average molecular weight is 478 g/mol. The molecule has 0 aliphatic rings. The fourth-order valence-electron chi connectivity index (χ4n) is 3.93. The van der Waals surface area contributed by atoms with Crippen LogP contribution in [0.5, 0.6) is 5.75 Å². The van der Waals surface area contributed by atoms with Gasteiger partial charge in [0.1, 0.15) is 17.7 Å². The maximum atomic E-state index is 13.8. The maximum absolute atomic E-state index is 13.8. The number of benzene rings is 2. The van der Waals surface area contributed by atoms with Crippen molar-refractivity contribution >= 4 is 20.9 Å². The molecule has 2 N–H and O–H groups in total. The van der Waals surface area contributed by atoms with E-state index >= 15 is 0 Å². The van der Waals surface area contributed by atoms with Crippen molar-refractivity contribution in [3.8, 4) is 34.0 Å². The van der Waals surface area contributed by atoms with Crippen LogP contribution in [0.25, 0.3) is 39.1 Å². The average Bonchev–Trinajstić information content (AvgIpc) is 3.49. The molecular weight excluding hydrogens is 458 g/mol. The minimum Gasteiger partial charge on any atom is -0.495 e. The van der Waals surface area contributed by atoms with Crippen molar-refractivity contribution in [1.82, 2.24) is 19.5 Å². The van der Waals surface area contributed by atoms with Crippen LogP contribution in [0, 0.1) is 0 Å². The van der Waals surface area contributed by atoms with Crippen LogP contribution < -0.4 is 15.4 Å². The Morgan fingerprint density at radius 2 is 1.88 bits per heavy atom. The lowest BCUT2D eigenvalue weighted by Gasteiger charge is -2.17. The number of pyridine rings is 1. The van der Waals surface area contributed by atoms with Crippen LogP contribution in [0.4, 0.5) is 0 Å². The molecule has 0 aliphatic carbocycles. The van der Waals surface area contributed by atoms with Crippen LogP contribution in [0.15, 0.2) is 81.3 Å². The maximum Gasteiger partial charge on any atom is 0.265 e. The summed E-state index contributed by atoms with van der Waals surface area (Å²) in [4.78, 5) is 13.7. The third-order valence-corrected chi connectivity index (χ3v) is 6.46. The number of fused-ring (bicyclic) bond motifs is 1. The van der Waals surface area contributed by atoms with E-state index in [4.69, 9.17) is 14.4 Å². The second-order valence-corrected chi connectivity index (χ2v) is 9.14. The number of hydrogen-bond donors (Lipinski definition) is 1. The number of primary sulfonamides is 1. The molecule has 0 saturated heterocycles. The van der Waals surface area contributed by atoms with Gasteiger partial charge in [0.25, 0.3) is 5.56 Å². The van der Waals surface area contributed by atoms with E-state index < -0.39 is 10.0 Å². The molecule has 172 valence electrons. The van der Waals surface area contributed by atoms with Crippen molar-refractivity contribution in [3.05, 3.63) is 77.4 Å². The predicted octanol–water partition coefficient (Wildman–Crippen LogP) is 2.70. The summed E-state index contributed by atoms with van der Waals surface area (Å²) in [5, 5.41) is 13.9. The molecule has 3 heterocycles. The van der Waals surface area contributed by atoms with E-state index in [2.05, 4.69) is 10.3 Å². The van der Waals surface area contributed by atoms with Crippen molar-refractivity contribution in [1.29, 1.82) is 0 Å². The molecule has 10 nitrogen and oxygen atoms in total. The first-order chi connectivity index (χ1) is 16.3. The lowest BCUT2D eigenvalue weighted by molar-refractivity contribution is 0.413. The van der Waals surface area contributed by atoms with Crippen molar-refractivity contribution in [2.24, 2.45) is 12.2 Å². The third-order valence-electron chi connectivity index (χ3n) is 5.55. The highest BCUT2D eigenvalue weighted by molar-refractivity contribution is 7.89. The lowest BCUT2D eigenvalue weighted by Crippen LogP contribution is -2.22. The van der Waals surface area contributed by atoms with Crippen molar-refractivity contribution in [2.75, 3.05) is 7.11 Å². The number of nitrogens with zero attached hydrogens (tertiary/aromatic N) is 4. The van der Waals surface area contributed by atoms with Crippen LogP contribution in [-0.4, -0.2) is 35.0 Å². The molecule has 0 radical (unpaired) electrons. The van der Waals surface area contributed by atoms with Gasteiger partial charge in [-0.15, -0.1) is 0 Å². The van der Waals surface area contributed by atoms with E-state index in [1.807, 2.05) is 25.2 Å². The number of ether oxygens (including phenoxy) is 1. The molecule has 0 spiro atoms. The summed E-state index contributed by atoms with van der Waals surface area (Å²) < 4.78 is 37.7. The van der Waals surface area contributed by atoms with Gasteiger partial charge in [-0.05, 0) is 48.5 Å². The molecule has 5 aromatic rings. The largest absolute Gasteiger partial charge is 0.495 e. The SMILES string of the molecule is COc1ccc(-c2ccnn2C)cc1-n1c(=O)c(-c2ccon2)cc2cc(S(N)(=O)=O)ccc21. The summed E-state index contributed by atoms with van der Waals surface area (Å²) in [6.45, 7) is 0. The summed E-state index contributed by atoms with van der Waals surface area (Å²) in [7, 11) is -0.628. The monoisotopic (exact) mass is 477 g/mol. The standard InChI is InChI=1S/C23H19N5O5S/c1-27-19(7-9-25-27)14-3-6-22(32-2)21(13-14)28-20-5-4-16(34(24,30)31)11-15(20)12-17(23(28)29)18-8-10-33-26-18/h3-13H,1-2H3,(H2,24,30,31). The quantitative estimate of drug-likeness (QED) is 0.411. The summed E-state index contributed by atoms with van der Waals surface area (Å²) in [5.41, 5.74) is 2.72. The van der Waals surface area contributed by atoms with Crippen molar-refractivity contribution in [3.63, 3.8) is 0 Å². The molecule has 34 heavy (non-hydrogen) atoms. The summed E-state index contributed by atoms with van der Waals surface area (Å²) >= 11 is 0. The first-order valence-electron chi connectivity index (χ1n) is 10.1. The van der Waals surface area contributed by atoms with Crippen LogP contribution >= 0.6 is 0 Å². The van der Waals surface area contributed by atoms with E-state index in [-0.39, 0.29) is 16.0 Å². The molecule has 0 saturated carbocycles. The molecule has 0 amide bonds. The van der Waals surface area contributed by atoms with Gasteiger partial charge in [-0.2, -0.15) is 5.10 Å². The van der Waals surface area contributed by atoms with Gasteiger partial charge < -0.3 is 9.26 Å². The molecule has 0 aliphatic heterocycles. The number of aromatic nitrogens is 4. The van der Waals surface area contributed by atoms with Crippen LogP contribution in [0.1, 0.15) is 0 Å². The molecule has 0 fully saturated rings. The number of sulfonamides is 1. The Balaban J connectivity index is 1.89. The number of aryl methyl sites for hydroxylation is 1. The third kappa shape index (κ3) is 3.56. The first-order valence-corrected chi connectivity index (χ1v) is 11.6. The van der Waals surface area contributed by atoms with Gasteiger partial charge in [-0.1, -0.05) is 5.16 Å². The molecule has 11 heteroatoms. The zero-order chi connectivity index (χ0) is 24.0. The minimum atomic E-state index is -3.96. The Kier molecular flexibility index (Phi) is 5.07. The van der Waals surface area contributed by atoms with Gasteiger partial charge in [0.2, 0.25) is 10.0 Å². The van der Waals surface area contributed by atoms with Crippen LogP contribution in [0.2, 0.25) is 0 Å². The summed E-state index contributed by atoms with van der Waals surface area (Å²) in [6, 6.07) is 14.7. The smallest absolute Gasteiger partial charge is 0.265 e. The fourth-order valence-corrected chi connectivity index (χ4v) is 4.48. The zero-order valence-corrected chi connectivity index (χ0v) is 19.0. The van der Waals surface area contributed by atoms with E-state index in [9.17, 15) is 13.2 Å². The highest BCUT2D eigenvalue weighted by atomic mass is 32.2. The lowest BCUT2D eigenvalue weighted by atomic mass is 10.1. The molecule has 5 rings (SSSR count). The number of methoxy groups -OCH3 is 1. The summed E-state index contributed by atoms with van der Waals surface area (Å²) in [6.07, 6.45) is 3.04. The second kappa shape index (κ2) is 7.97. The van der Waals surface area contributed by atoms with Gasteiger partial charge in [-0.25, -0.2) is 13.6 Å². The van der Waals surface area contributed by atoms with Gasteiger partial charge in [0, 0.05) is 30.3 Å². The molecule has 3 aromatic heterocycles.